The van der Waals surface area contributed by atoms with E-state index in [1.807, 2.05) is 0 Å². The van der Waals surface area contributed by atoms with E-state index in [1.165, 1.54) is 18.2 Å². The molecule has 8 nitrogen and oxygen atoms in total. The first-order valence-corrected chi connectivity index (χ1v) is 9.00. The number of carboxylic acids is 1. The van der Waals surface area contributed by atoms with Crippen LogP contribution in [0.15, 0.2) is 42.1 Å². The minimum absolute atomic E-state index is 0.0831. The monoisotopic (exact) mass is 416 g/mol. The number of benzene rings is 2. The third kappa shape index (κ3) is 4.85. The van der Waals surface area contributed by atoms with Gasteiger partial charge >= 0.3 is 12.0 Å². The molecule has 2 aromatic carbocycles. The number of nitrogens with one attached hydrogen (secondary N) is 2. The summed E-state index contributed by atoms with van der Waals surface area (Å²) in [6, 6.07) is 8.97. The summed E-state index contributed by atoms with van der Waals surface area (Å²) in [5, 5.41) is 13.8. The molecule has 1 saturated heterocycles. The number of rotatable bonds is 7. The van der Waals surface area contributed by atoms with Crippen LogP contribution in [0.4, 0.5) is 4.79 Å². The number of aromatic carboxylic acids is 1. The number of carbonyl (C=O) groups is 3. The van der Waals surface area contributed by atoms with Gasteiger partial charge in [0.15, 0.2) is 11.5 Å². The van der Waals surface area contributed by atoms with Crippen LogP contribution >= 0.6 is 11.6 Å². The Morgan fingerprint density at radius 3 is 2.62 bits per heavy atom. The third-order valence-corrected chi connectivity index (χ3v) is 4.20. The van der Waals surface area contributed by atoms with Crippen molar-refractivity contribution in [3.63, 3.8) is 0 Å². The fourth-order valence-electron chi connectivity index (χ4n) is 2.67. The van der Waals surface area contributed by atoms with Crippen LogP contribution in [0.2, 0.25) is 5.02 Å². The average Bonchev–Trinajstić information content (AvgIpc) is 2.98. The van der Waals surface area contributed by atoms with E-state index in [0.717, 1.165) is 0 Å². The highest BCUT2D eigenvalue weighted by Crippen LogP contribution is 2.38. The van der Waals surface area contributed by atoms with E-state index >= 15 is 0 Å². The fraction of sp³-hybridized carbons (Fsp3) is 0.150. The highest BCUT2D eigenvalue weighted by Gasteiger charge is 2.23. The number of halogens is 1. The highest BCUT2D eigenvalue weighted by atomic mass is 35.5. The van der Waals surface area contributed by atoms with Gasteiger partial charge in [-0.3, -0.25) is 10.1 Å². The number of carboxylic acid groups (broad SMARTS) is 1. The molecule has 0 saturated carbocycles. The Kier molecular flexibility index (Phi) is 6.04. The molecule has 0 radical (unpaired) electrons. The predicted molar refractivity (Wildman–Crippen MR) is 105 cm³/mol. The van der Waals surface area contributed by atoms with Crippen LogP contribution in [0.25, 0.3) is 6.08 Å². The number of carbonyl (C=O) groups excluding carboxylic acids is 2. The van der Waals surface area contributed by atoms with Gasteiger partial charge in [-0.15, -0.1) is 0 Å². The maximum Gasteiger partial charge on any atom is 0.335 e. The predicted octanol–water partition coefficient (Wildman–Crippen LogP) is 3.20. The Balaban J connectivity index is 1.86. The second-order valence-electron chi connectivity index (χ2n) is 6.02. The zero-order valence-electron chi connectivity index (χ0n) is 15.3. The summed E-state index contributed by atoms with van der Waals surface area (Å²) in [6.45, 7) is 2.22. The van der Waals surface area contributed by atoms with Crippen molar-refractivity contribution in [1.82, 2.24) is 10.6 Å². The first-order chi connectivity index (χ1) is 13.9. The molecule has 3 rings (SSSR count). The second-order valence-corrected chi connectivity index (χ2v) is 6.43. The van der Waals surface area contributed by atoms with Gasteiger partial charge in [-0.1, -0.05) is 23.7 Å². The normalized spacial score (nSPS) is 14.5. The van der Waals surface area contributed by atoms with E-state index in [1.54, 1.807) is 31.2 Å². The van der Waals surface area contributed by atoms with Crippen molar-refractivity contribution in [2.45, 2.75) is 13.5 Å². The molecule has 0 spiro atoms. The lowest BCUT2D eigenvalue weighted by Crippen LogP contribution is -2.22. The lowest BCUT2D eigenvalue weighted by molar-refractivity contribution is -0.115. The van der Waals surface area contributed by atoms with Crippen molar-refractivity contribution < 1.29 is 29.0 Å². The van der Waals surface area contributed by atoms with Gasteiger partial charge in [-0.25, -0.2) is 9.59 Å². The molecule has 3 amide bonds. The van der Waals surface area contributed by atoms with Gasteiger partial charge < -0.3 is 19.9 Å². The van der Waals surface area contributed by atoms with Gasteiger partial charge in [-0.05, 0) is 48.4 Å². The van der Waals surface area contributed by atoms with Crippen LogP contribution in [-0.2, 0) is 11.4 Å². The molecular weight excluding hydrogens is 400 g/mol. The minimum atomic E-state index is -1.03. The number of hydrogen-bond acceptors (Lipinski definition) is 5. The molecule has 3 N–H and O–H groups in total. The highest BCUT2D eigenvalue weighted by molar-refractivity contribution is 6.32. The lowest BCUT2D eigenvalue weighted by atomic mass is 10.1. The van der Waals surface area contributed by atoms with E-state index < -0.39 is 17.9 Å². The first-order valence-electron chi connectivity index (χ1n) is 8.62. The Hall–Kier alpha value is -3.52. The zero-order valence-corrected chi connectivity index (χ0v) is 16.1. The van der Waals surface area contributed by atoms with Crippen LogP contribution in [-0.4, -0.2) is 29.6 Å². The molecule has 1 aliphatic heterocycles. The number of amides is 3. The Bertz CT molecular complexity index is 1020. The molecule has 0 unspecified atom stereocenters. The molecule has 1 fully saturated rings. The third-order valence-electron chi connectivity index (χ3n) is 3.92. The molecule has 2 aromatic rings. The number of urea groups is 1. The van der Waals surface area contributed by atoms with Gasteiger partial charge in [0.05, 0.1) is 17.2 Å². The first kappa shape index (κ1) is 20.2. The van der Waals surface area contributed by atoms with Crippen LogP contribution in [0.5, 0.6) is 11.5 Å². The topological polar surface area (TPSA) is 114 Å². The van der Waals surface area contributed by atoms with Crippen LogP contribution in [0.1, 0.15) is 28.4 Å². The van der Waals surface area contributed by atoms with Gasteiger partial charge in [0.25, 0.3) is 5.91 Å². The Morgan fingerprint density at radius 1 is 1.17 bits per heavy atom. The smallest absolute Gasteiger partial charge is 0.335 e. The zero-order chi connectivity index (χ0) is 21.0. The summed E-state index contributed by atoms with van der Waals surface area (Å²) in [5.41, 5.74) is 1.43. The average molecular weight is 417 g/mol. The summed E-state index contributed by atoms with van der Waals surface area (Å²) in [7, 11) is 0. The van der Waals surface area contributed by atoms with Gasteiger partial charge in [0.1, 0.15) is 12.3 Å². The molecule has 1 heterocycles. The van der Waals surface area contributed by atoms with Crippen LogP contribution < -0.4 is 20.1 Å². The van der Waals surface area contributed by atoms with Gasteiger partial charge in [0.2, 0.25) is 0 Å². The van der Waals surface area contributed by atoms with Gasteiger partial charge in [-0.2, -0.15) is 0 Å². The fourth-order valence-corrected chi connectivity index (χ4v) is 2.95. The molecular formula is C20H17ClN2O6. The maximum atomic E-state index is 11.7. The SMILES string of the molecule is CCOc1cc(/C=C2\NC(=O)NC2=O)cc(Cl)c1OCc1cccc(C(=O)O)c1. The number of hydrogen-bond donors (Lipinski definition) is 3. The summed E-state index contributed by atoms with van der Waals surface area (Å²) in [6.07, 6.45) is 1.47. The summed E-state index contributed by atoms with van der Waals surface area (Å²) in [5.74, 6) is -0.926. The minimum Gasteiger partial charge on any atom is -0.490 e. The van der Waals surface area contributed by atoms with Crippen molar-refractivity contribution >= 4 is 35.6 Å². The molecule has 0 aromatic heterocycles. The molecule has 9 heteroatoms. The summed E-state index contributed by atoms with van der Waals surface area (Å²) in [4.78, 5) is 34.0. The van der Waals surface area contributed by atoms with Crippen molar-refractivity contribution in [3.8, 4) is 11.5 Å². The van der Waals surface area contributed by atoms with Crippen molar-refractivity contribution in [1.29, 1.82) is 0 Å². The summed E-state index contributed by atoms with van der Waals surface area (Å²) >= 11 is 6.35. The molecule has 0 atom stereocenters. The van der Waals surface area contributed by atoms with Crippen molar-refractivity contribution in [3.05, 3.63) is 63.8 Å². The molecule has 29 heavy (non-hydrogen) atoms. The van der Waals surface area contributed by atoms with E-state index in [2.05, 4.69) is 10.6 Å². The van der Waals surface area contributed by atoms with E-state index in [-0.39, 0.29) is 28.6 Å². The van der Waals surface area contributed by atoms with Gasteiger partial charge in [0, 0.05) is 0 Å². The molecule has 0 bridgehead atoms. The van der Waals surface area contributed by atoms with Crippen LogP contribution in [0.3, 0.4) is 0 Å². The maximum absolute atomic E-state index is 11.7. The van der Waals surface area contributed by atoms with E-state index in [4.69, 9.17) is 26.2 Å². The van der Waals surface area contributed by atoms with Crippen molar-refractivity contribution in [2.24, 2.45) is 0 Å². The second kappa shape index (κ2) is 8.66. The summed E-state index contributed by atoms with van der Waals surface area (Å²) < 4.78 is 11.4. The Labute approximate surface area is 171 Å². The lowest BCUT2D eigenvalue weighted by Gasteiger charge is -2.15. The standard InChI is InChI=1S/C20H17ClN2O6/c1-2-28-16-9-12(8-15-18(24)23-20(27)22-15)7-14(21)17(16)29-10-11-4-3-5-13(6-11)19(25)26/h3-9H,2,10H2,1H3,(H,25,26)(H2,22,23,24,27)/b15-8-. The van der Waals surface area contributed by atoms with Crippen LogP contribution in [0, 0.1) is 0 Å². The molecule has 0 aliphatic carbocycles. The van der Waals surface area contributed by atoms with E-state index in [9.17, 15) is 14.4 Å². The number of ether oxygens (including phenoxy) is 2. The largest absolute Gasteiger partial charge is 0.490 e. The van der Waals surface area contributed by atoms with E-state index in [0.29, 0.717) is 23.5 Å². The quantitative estimate of drug-likeness (QED) is 0.471. The molecule has 1 aliphatic rings. The Morgan fingerprint density at radius 2 is 1.97 bits per heavy atom. The molecule has 150 valence electrons. The number of imide groups is 1. The van der Waals surface area contributed by atoms with Crippen molar-refractivity contribution in [2.75, 3.05) is 6.61 Å².